The summed E-state index contributed by atoms with van der Waals surface area (Å²) in [6, 6.07) is 9.51. The van der Waals surface area contributed by atoms with Crippen LogP contribution in [0.2, 0.25) is 0 Å². The van der Waals surface area contributed by atoms with Crippen LogP contribution in [0, 0.1) is 11.6 Å². The molecule has 1 nitrogen and oxygen atoms in total. The molecule has 1 aliphatic rings. The van der Waals surface area contributed by atoms with Crippen molar-refractivity contribution in [1.82, 2.24) is 0 Å². The molecule has 0 N–H and O–H groups in total. The second-order valence-corrected chi connectivity index (χ2v) is 6.64. The van der Waals surface area contributed by atoms with Gasteiger partial charge in [0.1, 0.15) is 11.6 Å². The van der Waals surface area contributed by atoms with Gasteiger partial charge in [0.25, 0.3) is 0 Å². The van der Waals surface area contributed by atoms with Gasteiger partial charge in [-0.05, 0) is 53.5 Å². The average molecular weight is 316 g/mol. The quantitative estimate of drug-likeness (QED) is 0.787. The normalized spacial score (nSPS) is 16.5. The fourth-order valence-corrected chi connectivity index (χ4v) is 3.13. The zero-order valence-corrected chi connectivity index (χ0v) is 13.0. The summed E-state index contributed by atoms with van der Waals surface area (Å²) in [4.78, 5) is 0.745. The van der Waals surface area contributed by atoms with Crippen LogP contribution in [-0.4, -0.2) is 10.5 Å². The van der Waals surface area contributed by atoms with Gasteiger partial charge in [-0.25, -0.2) is 8.78 Å². The summed E-state index contributed by atoms with van der Waals surface area (Å²) in [7, 11) is -1.02. The van der Waals surface area contributed by atoms with Gasteiger partial charge in [0.2, 0.25) is 0 Å². The molecule has 1 unspecified atom stereocenters. The molecule has 0 saturated heterocycles. The fraction of sp³-hybridized carbons (Fsp3) is 0.111. The van der Waals surface area contributed by atoms with Crippen LogP contribution >= 0.6 is 0 Å². The van der Waals surface area contributed by atoms with E-state index in [4.69, 9.17) is 0 Å². The minimum absolute atomic E-state index is 0.432. The van der Waals surface area contributed by atoms with E-state index in [1.807, 2.05) is 25.1 Å². The van der Waals surface area contributed by atoms with E-state index in [0.29, 0.717) is 11.1 Å². The molecule has 1 aliphatic carbocycles. The molecule has 0 heterocycles. The van der Waals surface area contributed by atoms with Crippen molar-refractivity contribution in [3.63, 3.8) is 0 Å². The molecule has 0 fully saturated rings. The highest BCUT2D eigenvalue weighted by molar-refractivity contribution is 7.84. The molecule has 0 aliphatic heterocycles. The Kier molecular flexibility index (Phi) is 3.79. The Morgan fingerprint density at radius 2 is 1.77 bits per heavy atom. The first-order chi connectivity index (χ1) is 10.5. The Morgan fingerprint density at radius 1 is 1.09 bits per heavy atom. The zero-order valence-electron chi connectivity index (χ0n) is 12.2. The first-order valence-corrected chi connectivity index (χ1v) is 8.35. The van der Waals surface area contributed by atoms with Gasteiger partial charge in [0, 0.05) is 33.6 Å². The molecule has 22 heavy (non-hydrogen) atoms. The Morgan fingerprint density at radius 3 is 2.41 bits per heavy atom. The van der Waals surface area contributed by atoms with Crippen LogP contribution in [0.25, 0.3) is 17.7 Å². The van der Waals surface area contributed by atoms with Crippen molar-refractivity contribution in [3.8, 4) is 0 Å². The summed E-state index contributed by atoms with van der Waals surface area (Å²) in [5.74, 6) is -1.13. The maximum Gasteiger partial charge on any atom is 0.134 e. The second-order valence-electron chi connectivity index (χ2n) is 5.26. The highest BCUT2D eigenvalue weighted by atomic mass is 32.2. The van der Waals surface area contributed by atoms with Gasteiger partial charge in [-0.15, -0.1) is 0 Å². The molecule has 0 bridgehead atoms. The van der Waals surface area contributed by atoms with Gasteiger partial charge < -0.3 is 0 Å². The van der Waals surface area contributed by atoms with E-state index >= 15 is 0 Å². The van der Waals surface area contributed by atoms with E-state index in [1.54, 1.807) is 24.5 Å². The van der Waals surface area contributed by atoms with Crippen LogP contribution in [0.4, 0.5) is 8.78 Å². The van der Waals surface area contributed by atoms with Crippen LogP contribution in [0.1, 0.15) is 23.6 Å². The van der Waals surface area contributed by atoms with Gasteiger partial charge in [-0.2, -0.15) is 0 Å². The molecule has 0 aromatic heterocycles. The van der Waals surface area contributed by atoms with Crippen molar-refractivity contribution in [3.05, 3.63) is 70.3 Å². The first kappa shape index (κ1) is 14.9. The Hall–Kier alpha value is -2.07. The topological polar surface area (TPSA) is 17.1 Å². The van der Waals surface area contributed by atoms with E-state index in [2.05, 4.69) is 0 Å². The largest absolute Gasteiger partial charge is 0.255 e. The third-order valence-electron chi connectivity index (χ3n) is 3.67. The molecule has 1 atom stereocenters. The van der Waals surface area contributed by atoms with Gasteiger partial charge in [-0.3, -0.25) is 4.21 Å². The number of rotatable bonds is 2. The molecule has 3 rings (SSSR count). The maximum absolute atomic E-state index is 14.1. The maximum atomic E-state index is 14.1. The summed E-state index contributed by atoms with van der Waals surface area (Å²) in [5, 5.41) is 0. The van der Waals surface area contributed by atoms with Crippen molar-refractivity contribution in [1.29, 1.82) is 0 Å². The molecule has 2 aromatic rings. The smallest absolute Gasteiger partial charge is 0.134 e. The SMILES string of the molecule is CC1=Cc2cc(F)cc(F)c2/C1=C\c1ccc(S(C)=O)cc1. The Bertz CT molecular complexity index is 833. The predicted octanol–water partition coefficient (Wildman–Crippen LogP) is 4.66. The van der Waals surface area contributed by atoms with Gasteiger partial charge in [0.15, 0.2) is 0 Å². The van der Waals surface area contributed by atoms with E-state index < -0.39 is 22.4 Å². The van der Waals surface area contributed by atoms with E-state index in [9.17, 15) is 13.0 Å². The molecule has 112 valence electrons. The lowest BCUT2D eigenvalue weighted by Gasteiger charge is -2.06. The van der Waals surface area contributed by atoms with Crippen LogP contribution in [-0.2, 0) is 10.8 Å². The van der Waals surface area contributed by atoms with Crippen LogP contribution in [0.3, 0.4) is 0 Å². The summed E-state index contributed by atoms with van der Waals surface area (Å²) in [5.41, 5.74) is 3.52. The van der Waals surface area contributed by atoms with Crippen LogP contribution < -0.4 is 0 Å². The van der Waals surface area contributed by atoms with Crippen molar-refractivity contribution < 1.29 is 13.0 Å². The highest BCUT2D eigenvalue weighted by Crippen LogP contribution is 2.38. The predicted molar refractivity (Wildman–Crippen MR) is 86.7 cm³/mol. The lowest BCUT2D eigenvalue weighted by Crippen LogP contribution is -1.92. The minimum atomic E-state index is -1.02. The lowest BCUT2D eigenvalue weighted by atomic mass is 10.00. The standard InChI is InChI=1S/C18H14F2OS/c1-11-7-13-9-14(19)10-17(20)18(13)16(11)8-12-3-5-15(6-4-12)22(2)21/h3-10H,1-2H3/b16-8-. The van der Waals surface area contributed by atoms with Crippen molar-refractivity contribution in [2.24, 2.45) is 0 Å². The molecule has 4 heteroatoms. The van der Waals surface area contributed by atoms with E-state index in [-0.39, 0.29) is 0 Å². The summed E-state index contributed by atoms with van der Waals surface area (Å²) in [6.45, 7) is 1.87. The Balaban J connectivity index is 2.06. The van der Waals surface area contributed by atoms with Gasteiger partial charge >= 0.3 is 0 Å². The number of halogens is 2. The number of allylic oxidation sites excluding steroid dienone is 2. The third kappa shape index (κ3) is 2.66. The average Bonchev–Trinajstić information content (AvgIpc) is 2.75. The summed E-state index contributed by atoms with van der Waals surface area (Å²) < 4.78 is 38.8. The molecule has 2 aromatic carbocycles. The van der Waals surface area contributed by atoms with Crippen molar-refractivity contribution in [2.45, 2.75) is 11.8 Å². The van der Waals surface area contributed by atoms with Crippen LogP contribution in [0.15, 0.2) is 46.9 Å². The van der Waals surface area contributed by atoms with Crippen molar-refractivity contribution >= 4 is 28.5 Å². The second kappa shape index (κ2) is 5.61. The highest BCUT2D eigenvalue weighted by Gasteiger charge is 2.21. The molecular formula is C18H14F2OS. The lowest BCUT2D eigenvalue weighted by molar-refractivity contribution is 0.581. The molecular weight excluding hydrogens is 302 g/mol. The number of benzene rings is 2. The third-order valence-corrected chi connectivity index (χ3v) is 4.61. The number of fused-ring (bicyclic) bond motifs is 1. The summed E-state index contributed by atoms with van der Waals surface area (Å²) in [6.07, 6.45) is 5.27. The number of hydrogen-bond donors (Lipinski definition) is 0. The molecule has 0 amide bonds. The number of hydrogen-bond acceptors (Lipinski definition) is 1. The van der Waals surface area contributed by atoms with Gasteiger partial charge in [0.05, 0.1) is 0 Å². The van der Waals surface area contributed by atoms with E-state index in [1.165, 1.54) is 6.07 Å². The Labute approximate surface area is 130 Å². The molecule has 0 radical (unpaired) electrons. The zero-order chi connectivity index (χ0) is 15.9. The van der Waals surface area contributed by atoms with Gasteiger partial charge in [-0.1, -0.05) is 18.2 Å². The molecule has 0 spiro atoms. The fourth-order valence-electron chi connectivity index (χ4n) is 2.61. The summed E-state index contributed by atoms with van der Waals surface area (Å²) >= 11 is 0. The molecule has 0 saturated carbocycles. The van der Waals surface area contributed by atoms with E-state index in [0.717, 1.165) is 27.7 Å². The van der Waals surface area contributed by atoms with Crippen LogP contribution in [0.5, 0.6) is 0 Å². The minimum Gasteiger partial charge on any atom is -0.255 e. The first-order valence-electron chi connectivity index (χ1n) is 6.79. The van der Waals surface area contributed by atoms with Crippen molar-refractivity contribution in [2.75, 3.05) is 6.26 Å². The monoisotopic (exact) mass is 316 g/mol.